The van der Waals surface area contributed by atoms with Crippen LogP contribution in [0, 0.1) is 0 Å². The molecular weight excluding hydrogens is 272 g/mol. The number of nitrogens with one attached hydrogen (secondary N) is 1. The second-order valence-corrected chi connectivity index (χ2v) is 4.30. The summed E-state index contributed by atoms with van der Waals surface area (Å²) >= 11 is 0. The van der Waals surface area contributed by atoms with E-state index in [4.69, 9.17) is 9.47 Å². The van der Waals surface area contributed by atoms with Gasteiger partial charge in [-0.2, -0.15) is 0 Å². The number of aryl methyl sites for hydroxylation is 1. The number of fused-ring (bicyclic) bond motifs is 1. The molecule has 0 aliphatic heterocycles. The van der Waals surface area contributed by atoms with Crippen LogP contribution in [0.1, 0.15) is 0 Å². The van der Waals surface area contributed by atoms with E-state index in [-0.39, 0.29) is 0 Å². The Morgan fingerprint density at radius 1 is 1.14 bits per heavy atom. The smallest absolute Gasteiger partial charge is 0.183 e. The van der Waals surface area contributed by atoms with Gasteiger partial charge in [-0.15, -0.1) is 5.10 Å². The molecule has 108 valence electrons. The summed E-state index contributed by atoms with van der Waals surface area (Å²) < 4.78 is 12.1. The van der Waals surface area contributed by atoms with E-state index in [0.717, 1.165) is 5.69 Å². The van der Waals surface area contributed by atoms with E-state index in [1.165, 1.54) is 6.33 Å². The average Bonchev–Trinajstić information content (AvgIpc) is 2.90. The SMILES string of the molecule is COc1ccc(OC)c(Nc2ncnc3c2nnn3C)c1. The fraction of sp³-hybridized carbons (Fsp3) is 0.231. The van der Waals surface area contributed by atoms with Crippen LogP contribution in [0.5, 0.6) is 11.5 Å². The lowest BCUT2D eigenvalue weighted by molar-refractivity contribution is 0.405. The predicted molar refractivity (Wildman–Crippen MR) is 76.9 cm³/mol. The van der Waals surface area contributed by atoms with Gasteiger partial charge in [0.05, 0.1) is 19.9 Å². The third-order valence-electron chi connectivity index (χ3n) is 3.05. The van der Waals surface area contributed by atoms with Gasteiger partial charge in [0, 0.05) is 13.1 Å². The first-order valence-corrected chi connectivity index (χ1v) is 6.22. The molecule has 1 aromatic carbocycles. The van der Waals surface area contributed by atoms with E-state index in [1.54, 1.807) is 25.9 Å². The Hall–Kier alpha value is -2.90. The largest absolute Gasteiger partial charge is 0.497 e. The number of rotatable bonds is 4. The molecule has 0 amide bonds. The molecule has 0 unspecified atom stereocenters. The zero-order chi connectivity index (χ0) is 14.8. The molecule has 2 aromatic heterocycles. The Morgan fingerprint density at radius 3 is 2.76 bits per heavy atom. The topological polar surface area (TPSA) is 87.0 Å². The highest BCUT2D eigenvalue weighted by molar-refractivity contribution is 5.85. The van der Waals surface area contributed by atoms with Crippen molar-refractivity contribution in [3.8, 4) is 11.5 Å². The van der Waals surface area contributed by atoms with E-state index in [1.807, 2.05) is 18.2 Å². The highest BCUT2D eigenvalue weighted by Gasteiger charge is 2.12. The molecule has 21 heavy (non-hydrogen) atoms. The fourth-order valence-electron chi connectivity index (χ4n) is 1.98. The summed E-state index contributed by atoms with van der Waals surface area (Å²) in [5.74, 6) is 1.94. The van der Waals surface area contributed by atoms with Crippen LogP contribution in [0.15, 0.2) is 24.5 Å². The van der Waals surface area contributed by atoms with Gasteiger partial charge in [-0.25, -0.2) is 14.6 Å². The summed E-state index contributed by atoms with van der Waals surface area (Å²) in [6, 6.07) is 5.46. The monoisotopic (exact) mass is 286 g/mol. The van der Waals surface area contributed by atoms with Crippen molar-refractivity contribution >= 4 is 22.7 Å². The minimum atomic E-state index is 0.555. The van der Waals surface area contributed by atoms with Crippen LogP contribution in [-0.4, -0.2) is 39.2 Å². The number of hydrogen-bond donors (Lipinski definition) is 1. The second kappa shape index (κ2) is 5.23. The lowest BCUT2D eigenvalue weighted by Crippen LogP contribution is -1.99. The van der Waals surface area contributed by atoms with E-state index in [2.05, 4.69) is 25.6 Å². The van der Waals surface area contributed by atoms with Crippen LogP contribution < -0.4 is 14.8 Å². The fourth-order valence-corrected chi connectivity index (χ4v) is 1.98. The molecular formula is C13H14N6O2. The van der Waals surface area contributed by atoms with Gasteiger partial charge in [0.15, 0.2) is 17.0 Å². The first-order valence-electron chi connectivity index (χ1n) is 6.22. The second-order valence-electron chi connectivity index (χ2n) is 4.30. The normalized spacial score (nSPS) is 10.6. The third-order valence-corrected chi connectivity index (χ3v) is 3.05. The van der Waals surface area contributed by atoms with E-state index in [0.29, 0.717) is 28.5 Å². The van der Waals surface area contributed by atoms with E-state index in [9.17, 15) is 0 Å². The molecule has 0 aliphatic rings. The molecule has 1 N–H and O–H groups in total. The van der Waals surface area contributed by atoms with E-state index >= 15 is 0 Å². The maximum absolute atomic E-state index is 5.33. The maximum atomic E-state index is 5.33. The van der Waals surface area contributed by atoms with Crippen molar-refractivity contribution in [3.05, 3.63) is 24.5 Å². The molecule has 8 nitrogen and oxygen atoms in total. The minimum Gasteiger partial charge on any atom is -0.497 e. The van der Waals surface area contributed by atoms with Crippen molar-refractivity contribution in [2.45, 2.75) is 0 Å². The molecule has 0 spiro atoms. The Bertz CT molecular complexity index is 785. The molecule has 0 atom stereocenters. The summed E-state index contributed by atoms with van der Waals surface area (Å²) in [5, 5.41) is 11.2. The number of benzene rings is 1. The van der Waals surface area contributed by atoms with Crippen LogP contribution >= 0.6 is 0 Å². The van der Waals surface area contributed by atoms with Crippen LogP contribution in [-0.2, 0) is 7.05 Å². The lowest BCUT2D eigenvalue weighted by atomic mass is 10.2. The molecule has 0 radical (unpaired) electrons. The van der Waals surface area contributed by atoms with Gasteiger partial charge < -0.3 is 14.8 Å². The van der Waals surface area contributed by atoms with Crippen molar-refractivity contribution in [2.75, 3.05) is 19.5 Å². The van der Waals surface area contributed by atoms with Gasteiger partial charge in [-0.05, 0) is 12.1 Å². The summed E-state index contributed by atoms with van der Waals surface area (Å²) in [7, 11) is 4.99. The highest BCUT2D eigenvalue weighted by atomic mass is 16.5. The van der Waals surface area contributed by atoms with Gasteiger partial charge in [0.25, 0.3) is 0 Å². The number of methoxy groups -OCH3 is 2. The molecule has 0 fully saturated rings. The van der Waals surface area contributed by atoms with Gasteiger partial charge in [0.2, 0.25) is 0 Å². The molecule has 2 heterocycles. The zero-order valence-corrected chi connectivity index (χ0v) is 11.9. The quantitative estimate of drug-likeness (QED) is 0.778. The molecule has 0 saturated carbocycles. The van der Waals surface area contributed by atoms with Crippen molar-refractivity contribution in [1.82, 2.24) is 25.0 Å². The Labute approximate surface area is 120 Å². The molecule has 8 heteroatoms. The van der Waals surface area contributed by atoms with Gasteiger partial charge in [-0.3, -0.25) is 0 Å². The van der Waals surface area contributed by atoms with Crippen LogP contribution in [0.2, 0.25) is 0 Å². The number of ether oxygens (including phenoxy) is 2. The summed E-state index contributed by atoms with van der Waals surface area (Å²) in [4.78, 5) is 8.36. The molecule has 3 aromatic rings. The van der Waals surface area contributed by atoms with Gasteiger partial charge in [0.1, 0.15) is 17.8 Å². The first-order chi connectivity index (χ1) is 10.2. The third kappa shape index (κ3) is 2.31. The zero-order valence-electron chi connectivity index (χ0n) is 11.9. The lowest BCUT2D eigenvalue weighted by Gasteiger charge is -2.12. The summed E-state index contributed by atoms with van der Waals surface area (Å²) in [6.07, 6.45) is 1.46. The minimum absolute atomic E-state index is 0.555. The predicted octanol–water partition coefficient (Wildman–Crippen LogP) is 1.52. The number of hydrogen-bond acceptors (Lipinski definition) is 7. The highest BCUT2D eigenvalue weighted by Crippen LogP contribution is 2.32. The first kappa shape index (κ1) is 13.1. The molecule has 0 saturated heterocycles. The van der Waals surface area contributed by atoms with Crippen molar-refractivity contribution in [2.24, 2.45) is 7.05 Å². The van der Waals surface area contributed by atoms with Crippen molar-refractivity contribution < 1.29 is 9.47 Å². The molecule has 0 bridgehead atoms. The van der Waals surface area contributed by atoms with Gasteiger partial charge >= 0.3 is 0 Å². The Balaban J connectivity index is 2.06. The number of anilines is 2. The van der Waals surface area contributed by atoms with Crippen molar-refractivity contribution in [1.29, 1.82) is 0 Å². The maximum Gasteiger partial charge on any atom is 0.183 e. The Morgan fingerprint density at radius 2 is 2.00 bits per heavy atom. The number of nitrogens with zero attached hydrogens (tertiary/aromatic N) is 5. The summed E-state index contributed by atoms with van der Waals surface area (Å²) in [6.45, 7) is 0. The molecule has 3 rings (SSSR count). The van der Waals surface area contributed by atoms with Crippen LogP contribution in [0.3, 0.4) is 0 Å². The number of aromatic nitrogens is 5. The van der Waals surface area contributed by atoms with Gasteiger partial charge in [-0.1, -0.05) is 5.21 Å². The average molecular weight is 286 g/mol. The molecule has 0 aliphatic carbocycles. The van der Waals surface area contributed by atoms with Crippen LogP contribution in [0.4, 0.5) is 11.5 Å². The Kier molecular flexibility index (Phi) is 3.27. The van der Waals surface area contributed by atoms with E-state index < -0.39 is 0 Å². The standard InChI is InChI=1S/C13H14N6O2/c1-19-13-11(17-18-19)12(14-7-15-13)16-9-6-8(20-2)4-5-10(9)21-3/h4-7H,1-3H3,(H,14,15,16). The van der Waals surface area contributed by atoms with Crippen LogP contribution in [0.25, 0.3) is 11.2 Å². The summed E-state index contributed by atoms with van der Waals surface area (Å²) in [5.41, 5.74) is 1.96. The van der Waals surface area contributed by atoms with Crippen molar-refractivity contribution in [3.63, 3.8) is 0 Å².